The van der Waals surface area contributed by atoms with Crippen molar-refractivity contribution in [3.05, 3.63) is 35.4 Å². The summed E-state index contributed by atoms with van der Waals surface area (Å²) in [6, 6.07) is 5.89. The summed E-state index contributed by atoms with van der Waals surface area (Å²) >= 11 is 1.41. The van der Waals surface area contributed by atoms with Gasteiger partial charge in [-0.15, -0.1) is 0 Å². The number of aliphatic carboxylic acids is 1. The van der Waals surface area contributed by atoms with E-state index in [0.717, 1.165) is 21.4 Å². The van der Waals surface area contributed by atoms with Gasteiger partial charge in [0.05, 0.1) is 22.1 Å². The first kappa shape index (κ1) is 15.7. The van der Waals surface area contributed by atoms with Gasteiger partial charge in [0.1, 0.15) is 0 Å². The van der Waals surface area contributed by atoms with Gasteiger partial charge in [-0.05, 0) is 38.3 Å². The summed E-state index contributed by atoms with van der Waals surface area (Å²) in [7, 11) is 0. The SMILES string of the molecule is CC1=CCC(C(=O)O)C(C(=O)Nc2nc3c(C)cccc3s2)C1. The first-order valence-electron chi connectivity index (χ1n) is 7.51. The Kier molecular flexibility index (Phi) is 4.17. The largest absolute Gasteiger partial charge is 0.481 e. The number of nitrogens with one attached hydrogen (secondary N) is 1. The lowest BCUT2D eigenvalue weighted by atomic mass is 9.79. The van der Waals surface area contributed by atoms with Crippen LogP contribution in [0.15, 0.2) is 29.8 Å². The van der Waals surface area contributed by atoms with Crippen molar-refractivity contribution in [1.29, 1.82) is 0 Å². The maximum atomic E-state index is 12.6. The summed E-state index contributed by atoms with van der Waals surface area (Å²) < 4.78 is 1.01. The number of anilines is 1. The van der Waals surface area contributed by atoms with E-state index in [1.165, 1.54) is 11.3 Å². The first-order valence-corrected chi connectivity index (χ1v) is 8.33. The number of carbonyl (C=O) groups is 2. The van der Waals surface area contributed by atoms with Gasteiger partial charge in [-0.2, -0.15) is 0 Å². The zero-order valence-corrected chi connectivity index (χ0v) is 13.8. The first-order chi connectivity index (χ1) is 11.0. The number of amides is 1. The lowest BCUT2D eigenvalue weighted by molar-refractivity contribution is -0.146. The molecule has 120 valence electrons. The Labute approximate surface area is 138 Å². The summed E-state index contributed by atoms with van der Waals surface area (Å²) in [4.78, 5) is 28.4. The molecular weight excluding hydrogens is 312 g/mol. The second-order valence-electron chi connectivity index (χ2n) is 5.97. The quantitative estimate of drug-likeness (QED) is 0.843. The molecule has 0 saturated heterocycles. The Bertz CT molecular complexity index is 809. The number of nitrogens with zero attached hydrogens (tertiary/aromatic N) is 1. The molecule has 2 N–H and O–H groups in total. The van der Waals surface area contributed by atoms with E-state index in [2.05, 4.69) is 10.3 Å². The molecule has 2 aromatic rings. The van der Waals surface area contributed by atoms with Gasteiger partial charge in [0.2, 0.25) is 5.91 Å². The lowest BCUT2D eigenvalue weighted by Gasteiger charge is -2.26. The molecule has 1 aromatic heterocycles. The average molecular weight is 330 g/mol. The van der Waals surface area contributed by atoms with Crippen LogP contribution in [0.2, 0.25) is 0 Å². The maximum absolute atomic E-state index is 12.6. The number of rotatable bonds is 3. The molecule has 0 saturated carbocycles. The third kappa shape index (κ3) is 3.12. The van der Waals surface area contributed by atoms with Crippen LogP contribution in [0.3, 0.4) is 0 Å². The Morgan fingerprint density at radius 2 is 2.09 bits per heavy atom. The number of para-hydroxylation sites is 1. The fourth-order valence-electron chi connectivity index (χ4n) is 2.95. The number of hydrogen-bond donors (Lipinski definition) is 2. The van der Waals surface area contributed by atoms with E-state index in [9.17, 15) is 14.7 Å². The second kappa shape index (κ2) is 6.12. The highest BCUT2D eigenvalue weighted by molar-refractivity contribution is 7.22. The van der Waals surface area contributed by atoms with Crippen molar-refractivity contribution in [2.45, 2.75) is 26.7 Å². The van der Waals surface area contributed by atoms with Crippen molar-refractivity contribution in [3.8, 4) is 0 Å². The molecule has 6 heteroatoms. The normalized spacial score (nSPS) is 21.0. The standard InChI is InChI=1S/C17H18N2O3S/c1-9-6-7-11(16(21)22)12(8-9)15(20)19-17-18-14-10(2)4-3-5-13(14)23-17/h3-6,11-12H,7-8H2,1-2H3,(H,21,22)(H,18,19,20). The van der Waals surface area contributed by atoms with Crippen LogP contribution < -0.4 is 5.32 Å². The van der Waals surface area contributed by atoms with Gasteiger partial charge in [0.25, 0.3) is 0 Å². The van der Waals surface area contributed by atoms with Gasteiger partial charge >= 0.3 is 5.97 Å². The predicted octanol–water partition coefficient (Wildman–Crippen LogP) is 3.60. The molecule has 0 fully saturated rings. The van der Waals surface area contributed by atoms with E-state index in [1.54, 1.807) is 0 Å². The fourth-order valence-corrected chi connectivity index (χ4v) is 3.90. The van der Waals surface area contributed by atoms with E-state index in [1.807, 2.05) is 38.1 Å². The zero-order chi connectivity index (χ0) is 16.6. The number of hydrogen-bond acceptors (Lipinski definition) is 4. The van der Waals surface area contributed by atoms with Gasteiger partial charge in [-0.1, -0.05) is 35.1 Å². The number of thiazole rings is 1. The van der Waals surface area contributed by atoms with E-state index < -0.39 is 17.8 Å². The third-order valence-electron chi connectivity index (χ3n) is 4.25. The molecule has 0 radical (unpaired) electrons. The predicted molar refractivity (Wildman–Crippen MR) is 90.6 cm³/mol. The Balaban J connectivity index is 1.83. The molecular formula is C17H18N2O3S. The van der Waals surface area contributed by atoms with Gasteiger partial charge < -0.3 is 10.4 Å². The van der Waals surface area contributed by atoms with Crippen LogP contribution in [0.25, 0.3) is 10.2 Å². The summed E-state index contributed by atoms with van der Waals surface area (Å²) in [5.74, 6) is -2.41. The topological polar surface area (TPSA) is 79.3 Å². The van der Waals surface area contributed by atoms with Crippen LogP contribution in [0, 0.1) is 18.8 Å². The number of carbonyl (C=O) groups excluding carboxylic acids is 1. The Morgan fingerprint density at radius 3 is 2.78 bits per heavy atom. The number of benzene rings is 1. The molecule has 1 amide bonds. The molecule has 1 aliphatic rings. The number of carboxylic acid groups (broad SMARTS) is 1. The van der Waals surface area contributed by atoms with E-state index in [4.69, 9.17) is 0 Å². The summed E-state index contributed by atoms with van der Waals surface area (Å²) in [6.07, 6.45) is 2.79. The van der Waals surface area contributed by atoms with Gasteiger partial charge in [-0.25, -0.2) is 4.98 Å². The highest BCUT2D eigenvalue weighted by atomic mass is 32.1. The molecule has 0 bridgehead atoms. The molecule has 5 nitrogen and oxygen atoms in total. The van der Waals surface area contributed by atoms with Crippen molar-refractivity contribution in [2.75, 3.05) is 5.32 Å². The maximum Gasteiger partial charge on any atom is 0.307 e. The van der Waals surface area contributed by atoms with Gasteiger partial charge in [0.15, 0.2) is 5.13 Å². The Hall–Kier alpha value is -2.21. The van der Waals surface area contributed by atoms with Crippen LogP contribution in [-0.4, -0.2) is 22.0 Å². The summed E-state index contributed by atoms with van der Waals surface area (Å²) in [5.41, 5.74) is 2.99. The van der Waals surface area contributed by atoms with Gasteiger partial charge in [0, 0.05) is 0 Å². The van der Waals surface area contributed by atoms with E-state index >= 15 is 0 Å². The minimum Gasteiger partial charge on any atom is -0.481 e. The molecule has 0 aliphatic heterocycles. The zero-order valence-electron chi connectivity index (χ0n) is 13.0. The highest BCUT2D eigenvalue weighted by Crippen LogP contribution is 2.33. The Morgan fingerprint density at radius 1 is 1.30 bits per heavy atom. The van der Waals surface area contributed by atoms with Crippen molar-refractivity contribution in [1.82, 2.24) is 4.98 Å². The van der Waals surface area contributed by atoms with Crippen molar-refractivity contribution >= 4 is 38.6 Å². The summed E-state index contributed by atoms with van der Waals surface area (Å²) in [6.45, 7) is 3.91. The number of aromatic nitrogens is 1. The number of fused-ring (bicyclic) bond motifs is 1. The molecule has 2 unspecified atom stereocenters. The number of allylic oxidation sites excluding steroid dienone is 2. The van der Waals surface area contributed by atoms with E-state index in [-0.39, 0.29) is 5.91 Å². The van der Waals surface area contributed by atoms with E-state index in [0.29, 0.717) is 18.0 Å². The molecule has 1 aromatic carbocycles. The average Bonchev–Trinajstić information content (AvgIpc) is 2.90. The monoisotopic (exact) mass is 330 g/mol. The third-order valence-corrected chi connectivity index (χ3v) is 5.19. The van der Waals surface area contributed by atoms with Crippen LogP contribution >= 0.6 is 11.3 Å². The fraction of sp³-hybridized carbons (Fsp3) is 0.353. The molecule has 3 rings (SSSR count). The van der Waals surface area contributed by atoms with Crippen molar-refractivity contribution in [2.24, 2.45) is 11.8 Å². The van der Waals surface area contributed by atoms with Crippen LogP contribution in [0.5, 0.6) is 0 Å². The van der Waals surface area contributed by atoms with Crippen LogP contribution in [0.4, 0.5) is 5.13 Å². The molecule has 0 spiro atoms. The lowest BCUT2D eigenvalue weighted by Crippen LogP contribution is -2.35. The van der Waals surface area contributed by atoms with Gasteiger partial charge in [-0.3, -0.25) is 9.59 Å². The number of carboxylic acids is 1. The van der Waals surface area contributed by atoms with Crippen LogP contribution in [-0.2, 0) is 9.59 Å². The smallest absolute Gasteiger partial charge is 0.307 e. The van der Waals surface area contributed by atoms with Crippen molar-refractivity contribution in [3.63, 3.8) is 0 Å². The highest BCUT2D eigenvalue weighted by Gasteiger charge is 2.35. The number of aryl methyl sites for hydroxylation is 1. The summed E-state index contributed by atoms with van der Waals surface area (Å²) in [5, 5.41) is 12.7. The minimum absolute atomic E-state index is 0.262. The molecule has 1 aliphatic carbocycles. The second-order valence-corrected chi connectivity index (χ2v) is 7.00. The van der Waals surface area contributed by atoms with Crippen LogP contribution in [0.1, 0.15) is 25.3 Å². The minimum atomic E-state index is -0.922. The van der Waals surface area contributed by atoms with Crippen molar-refractivity contribution < 1.29 is 14.7 Å². The molecule has 1 heterocycles. The molecule has 23 heavy (non-hydrogen) atoms. The molecule has 2 atom stereocenters.